The van der Waals surface area contributed by atoms with E-state index in [1.54, 1.807) is 0 Å². The highest BCUT2D eigenvalue weighted by molar-refractivity contribution is 5.75. The molecule has 0 aromatic carbocycles. The van der Waals surface area contributed by atoms with Crippen LogP contribution in [0.1, 0.15) is 41.5 Å². The topological polar surface area (TPSA) is 926 Å². The van der Waals surface area contributed by atoms with Crippen LogP contribution in [0.15, 0.2) is 0 Å². The van der Waals surface area contributed by atoms with Crippen molar-refractivity contribution >= 4 is 29.5 Å². The van der Waals surface area contributed by atoms with Gasteiger partial charge in [-0.1, -0.05) is 0 Å². The first kappa shape index (κ1) is 112. The van der Waals surface area contributed by atoms with E-state index in [4.69, 9.17) is 99.5 Å². The molecule has 55 atom stereocenters. The molecule has 11 heterocycles. The van der Waals surface area contributed by atoms with Crippen molar-refractivity contribution in [2.24, 2.45) is 0 Å². The number of aliphatic hydroxyl groups is 29. The molecule has 11 fully saturated rings. The van der Waals surface area contributed by atoms with Gasteiger partial charge in [-0.15, -0.1) is 0 Å². The summed E-state index contributed by atoms with van der Waals surface area (Å²) in [7, 11) is 0. The van der Waals surface area contributed by atoms with Gasteiger partial charge in [0.2, 0.25) is 29.5 Å². The molecule has 0 bridgehead atoms. The van der Waals surface area contributed by atoms with Crippen LogP contribution in [0.2, 0.25) is 0 Å². The quantitative estimate of drug-likeness (QED) is 0.0280. The molecule has 0 unspecified atom stereocenters. The molecule has 0 spiro atoms. The predicted molar refractivity (Wildman–Crippen MR) is 419 cm³/mol. The molecule has 11 aliphatic heterocycles. The number of ether oxygens (including phenoxy) is 21. The standard InChI is InChI=1S/C76H127N5O55/c1-17-38(95)49(106)53(110)71(118-17)116-16-32-62(45(102)33(66(115)119-32)77-18(2)90)130-68-35(79-20(4)92)46(103)60(29(13-88)124-68)133-74-57(114)63(43(100)31(128-74)15-117-75-64(52(109)42(99)26(10-85)123-75)135-69-36(80-21(5)93)47(104)58(27(11-86)125-69)131-72-54(111)50(107)40(97)24(8-83)121-72)134-76-65(56(113)61(30(14-89)127-76)129-67-34(78-19(3)91)44(101)39(96)23(7-82)120-67)136-70-37(81-22(6)94)48(105)59(28(12-87)126-70)132-73-55(112)51(108)41(98)25(9-84)122-73/h17,23-76,82-89,95-115H,7-16H2,1-6H3,(H,77,90)(H,78,91)(H,79,92)(H,80,93)(H,81,94)/t17-,23+,24+,25+,26+,27+,28+,29+,30+,31+,32+,33+,34+,35+,36+,37-,38+,39+,40-,41-,42+,43+,44+,45+,46+,47+,48+,49+,50-,51-,52-,53-,54+,55+,56-,57-,58+,59+,60+,61+,62+,63-,64-,65-,66+,67-,68-,69-,70-,71+,72-,73-,74-,75-,76+/m0/s1. The SMILES string of the molecule is CC(=O)N[C@@H]1[C@H](O[C@@H]2[C@@H](O[C@@H]3[C@H](O)[C@H](O[C@H]4[C@H](O)[C@@H](NC(C)=O)[C@H](O[C@H]5[C@H](O)[C@@H](NC(C)=O)[C@H](O)O[C@@H]5CO[C@@H]5O[C@@H](C)[C@@H](O)[C@@H](O)[C@@H]5O)O[C@@H]4CO)O[C@H](CO[C@H]4O[C@H](CO)[C@@H](O)[C@H](O)[C@@H]4O[C@@H]4O[C@H](CO)[C@@H](O[C@@H]5O[C@H](CO)[C@H](O)[C@H](O)[C@H]5O)[C@H](O)[C@H]4NC(C)=O)[C@H]3O)O[C@H](CO)[C@@H](O[C@@H]3O[C@H](CO)[C@@H](O)[C@H](O)[C@H]3NC(C)=O)[C@@H]2O)O[C@H](CO)[C@@H](O[C@@H]2O[C@H](CO)[C@H](O)[C@H](O)[C@H]2O)[C@@H]1O. The van der Waals surface area contributed by atoms with E-state index in [2.05, 4.69) is 26.6 Å². The Kier molecular flexibility index (Phi) is 40.1. The lowest BCUT2D eigenvalue weighted by Crippen LogP contribution is -2.71. The van der Waals surface area contributed by atoms with E-state index < -0.39 is 433 Å². The molecule has 60 heteroatoms. The lowest BCUT2D eigenvalue weighted by molar-refractivity contribution is -0.405. The van der Waals surface area contributed by atoms with Crippen molar-refractivity contribution < 1.29 is 272 Å². The Labute approximate surface area is 770 Å². The molecule has 60 nitrogen and oxygen atoms in total. The second-order valence-corrected chi connectivity index (χ2v) is 34.5. The van der Waals surface area contributed by atoms with Crippen LogP contribution in [-0.2, 0) is 123 Å². The minimum absolute atomic E-state index is 0.872. The average Bonchev–Trinajstić information content (AvgIpc) is 0.746. The summed E-state index contributed by atoms with van der Waals surface area (Å²) < 4.78 is 126. The fraction of sp³-hybridized carbons (Fsp3) is 0.934. The minimum atomic E-state index is -2.75. The number of carbonyl (C=O) groups is 5. The smallest absolute Gasteiger partial charge is 0.217 e. The van der Waals surface area contributed by atoms with Crippen LogP contribution in [0.4, 0.5) is 0 Å². The summed E-state index contributed by atoms with van der Waals surface area (Å²) in [6.45, 7) is -5.66. The maximum Gasteiger partial charge on any atom is 0.217 e. The van der Waals surface area contributed by atoms with E-state index >= 15 is 0 Å². The van der Waals surface area contributed by atoms with Crippen molar-refractivity contribution in [1.29, 1.82) is 0 Å². The Morgan fingerprint density at radius 3 is 0.860 bits per heavy atom. The summed E-state index contributed by atoms with van der Waals surface area (Å²) in [4.78, 5) is 65.2. The van der Waals surface area contributed by atoms with Gasteiger partial charge in [0.1, 0.15) is 262 Å². The van der Waals surface area contributed by atoms with Crippen LogP contribution in [0.5, 0.6) is 0 Å². The van der Waals surface area contributed by atoms with Crippen LogP contribution < -0.4 is 26.6 Å². The molecule has 11 aliphatic rings. The lowest BCUT2D eigenvalue weighted by Gasteiger charge is -2.52. The molecule has 0 aromatic heterocycles. The highest BCUT2D eigenvalue weighted by Gasteiger charge is 2.63. The zero-order valence-electron chi connectivity index (χ0n) is 73.4. The highest BCUT2D eigenvalue weighted by atomic mass is 16.8. The summed E-state index contributed by atoms with van der Waals surface area (Å²) in [6, 6.07) is -9.85. The van der Waals surface area contributed by atoms with Crippen LogP contribution in [0.25, 0.3) is 0 Å². The molecule has 786 valence electrons. The number of hydrogen-bond donors (Lipinski definition) is 34. The lowest BCUT2D eigenvalue weighted by atomic mass is 9.93. The normalized spacial score (nSPS) is 49.2. The average molecular weight is 1990 g/mol. The van der Waals surface area contributed by atoms with Gasteiger partial charge in [-0.2, -0.15) is 0 Å². The summed E-state index contributed by atoms with van der Waals surface area (Å²) in [6.07, 6.45) is -107. The van der Waals surface area contributed by atoms with E-state index in [1.807, 2.05) is 0 Å². The van der Waals surface area contributed by atoms with Crippen molar-refractivity contribution in [2.75, 3.05) is 66.1 Å². The van der Waals surface area contributed by atoms with E-state index in [0.717, 1.165) is 34.6 Å². The van der Waals surface area contributed by atoms with E-state index in [-0.39, 0.29) is 0 Å². The second kappa shape index (κ2) is 48.8. The largest absolute Gasteiger partial charge is 0.394 e. The molecule has 0 saturated carbocycles. The number of rotatable bonds is 35. The summed E-state index contributed by atoms with van der Waals surface area (Å²) >= 11 is 0. The number of amides is 5. The minimum Gasteiger partial charge on any atom is -0.394 e. The van der Waals surface area contributed by atoms with Crippen LogP contribution >= 0.6 is 0 Å². The van der Waals surface area contributed by atoms with Gasteiger partial charge in [0, 0.05) is 34.6 Å². The molecule has 136 heavy (non-hydrogen) atoms. The molecule has 0 radical (unpaired) electrons. The van der Waals surface area contributed by atoms with Gasteiger partial charge >= 0.3 is 0 Å². The maximum absolute atomic E-state index is 13.4. The van der Waals surface area contributed by atoms with Crippen LogP contribution in [0.3, 0.4) is 0 Å². The fourth-order valence-electron chi connectivity index (χ4n) is 17.7. The van der Waals surface area contributed by atoms with Gasteiger partial charge < -0.3 is 274 Å². The van der Waals surface area contributed by atoms with Crippen LogP contribution in [-0.4, -0.2) is 581 Å². The van der Waals surface area contributed by atoms with Gasteiger partial charge in [-0.25, -0.2) is 0 Å². The molecule has 11 saturated heterocycles. The number of carbonyl (C=O) groups excluding carboxylic acids is 5. The van der Waals surface area contributed by atoms with Gasteiger partial charge in [-0.05, 0) is 6.92 Å². The van der Waals surface area contributed by atoms with Gasteiger partial charge in [0.25, 0.3) is 0 Å². The van der Waals surface area contributed by atoms with Crippen molar-refractivity contribution in [3.63, 3.8) is 0 Å². The van der Waals surface area contributed by atoms with E-state index in [1.165, 1.54) is 6.92 Å². The molecular formula is C76H127N5O55. The maximum atomic E-state index is 13.4. The Balaban J connectivity index is 0.975. The number of hydrogen-bond acceptors (Lipinski definition) is 55. The van der Waals surface area contributed by atoms with E-state index in [0.29, 0.717) is 0 Å². The van der Waals surface area contributed by atoms with Crippen molar-refractivity contribution in [3.05, 3.63) is 0 Å². The Hall–Kier alpha value is -4.65. The molecule has 34 N–H and O–H groups in total. The first-order chi connectivity index (χ1) is 64.3. The van der Waals surface area contributed by atoms with Crippen molar-refractivity contribution in [1.82, 2.24) is 26.6 Å². The van der Waals surface area contributed by atoms with Gasteiger partial charge in [-0.3, -0.25) is 24.0 Å². The zero-order valence-corrected chi connectivity index (χ0v) is 73.4. The molecular weight excluding hydrogens is 1860 g/mol. The predicted octanol–water partition coefficient (Wildman–Crippen LogP) is -23.2. The van der Waals surface area contributed by atoms with Gasteiger partial charge in [0.05, 0.1) is 72.2 Å². The van der Waals surface area contributed by atoms with Crippen molar-refractivity contribution in [2.45, 2.75) is 379 Å². The Morgan fingerprint density at radius 1 is 0.206 bits per heavy atom. The molecule has 0 aromatic rings. The van der Waals surface area contributed by atoms with Crippen LogP contribution in [0, 0.1) is 0 Å². The Bertz CT molecular complexity index is 3760. The summed E-state index contributed by atoms with van der Waals surface area (Å²) in [5.41, 5.74) is 0. The molecule has 5 amide bonds. The monoisotopic (exact) mass is 1990 g/mol. The zero-order chi connectivity index (χ0) is 100. The third kappa shape index (κ3) is 24.8. The number of nitrogens with one attached hydrogen (secondary N) is 5. The first-order valence-corrected chi connectivity index (χ1v) is 43.5. The second-order valence-electron chi connectivity index (χ2n) is 34.5. The molecule has 11 rings (SSSR count). The first-order valence-electron chi connectivity index (χ1n) is 43.5. The summed E-state index contributed by atoms with van der Waals surface area (Å²) in [5.74, 6) is -4.85. The summed E-state index contributed by atoms with van der Waals surface area (Å²) in [5, 5.41) is 339. The van der Waals surface area contributed by atoms with Gasteiger partial charge in [0.15, 0.2) is 69.2 Å². The van der Waals surface area contributed by atoms with E-state index in [9.17, 15) is 172 Å². The number of aliphatic hydroxyl groups excluding tert-OH is 29. The highest BCUT2D eigenvalue weighted by Crippen LogP contribution is 2.42. The Morgan fingerprint density at radius 2 is 0.463 bits per heavy atom. The molecule has 0 aliphatic carbocycles. The third-order valence-electron chi connectivity index (χ3n) is 24.9. The fourth-order valence-corrected chi connectivity index (χ4v) is 17.7. The third-order valence-corrected chi connectivity index (χ3v) is 24.9. The van der Waals surface area contributed by atoms with Crippen molar-refractivity contribution in [3.8, 4) is 0 Å².